The van der Waals surface area contributed by atoms with Crippen LogP contribution in [0.15, 0.2) is 83.8 Å². The summed E-state index contributed by atoms with van der Waals surface area (Å²) >= 11 is 1.24. The Morgan fingerprint density at radius 1 is 0.909 bits per heavy atom. The van der Waals surface area contributed by atoms with Gasteiger partial charge in [-0.15, -0.1) is 11.8 Å². The first-order valence-electron chi connectivity index (χ1n) is 10.5. The number of anilines is 1. The molecule has 2 N–H and O–H groups in total. The van der Waals surface area contributed by atoms with Crippen LogP contribution in [-0.4, -0.2) is 29.6 Å². The largest absolute Gasteiger partial charge is 0.449 e. The average Bonchev–Trinajstić information content (AvgIpc) is 2.83. The number of amides is 2. The fourth-order valence-corrected chi connectivity index (χ4v) is 3.79. The van der Waals surface area contributed by atoms with Gasteiger partial charge in [-0.3, -0.25) is 9.59 Å². The topological polar surface area (TPSA) is 84.5 Å². The van der Waals surface area contributed by atoms with Gasteiger partial charge in [0.25, 0.3) is 5.91 Å². The van der Waals surface area contributed by atoms with Crippen molar-refractivity contribution < 1.29 is 19.1 Å². The molecule has 1 atom stereocenters. The number of hydrogen-bond donors (Lipinski definition) is 2. The molecule has 3 aromatic rings. The quantitative estimate of drug-likeness (QED) is 0.359. The Morgan fingerprint density at radius 3 is 2.30 bits per heavy atom. The lowest BCUT2D eigenvalue weighted by molar-refractivity contribution is -0.129. The molecule has 33 heavy (non-hydrogen) atoms. The van der Waals surface area contributed by atoms with Crippen molar-refractivity contribution in [3.05, 3.63) is 95.6 Å². The van der Waals surface area contributed by atoms with Gasteiger partial charge in [0.15, 0.2) is 6.10 Å². The monoisotopic (exact) mass is 462 g/mol. The summed E-state index contributed by atoms with van der Waals surface area (Å²) in [6.07, 6.45) is -0.955. The molecular formula is C26H26N2O4S. The Balaban J connectivity index is 1.53. The Hall–Kier alpha value is -3.58. The minimum absolute atomic E-state index is 0.130. The summed E-state index contributed by atoms with van der Waals surface area (Å²) < 4.78 is 5.38. The van der Waals surface area contributed by atoms with E-state index in [0.29, 0.717) is 22.7 Å². The van der Waals surface area contributed by atoms with Gasteiger partial charge in [0.05, 0.1) is 11.3 Å². The van der Waals surface area contributed by atoms with E-state index in [9.17, 15) is 14.4 Å². The first-order valence-corrected chi connectivity index (χ1v) is 11.5. The zero-order chi connectivity index (χ0) is 23.6. The maximum atomic E-state index is 12.7. The van der Waals surface area contributed by atoms with Gasteiger partial charge in [-0.2, -0.15) is 0 Å². The molecule has 0 heterocycles. The van der Waals surface area contributed by atoms with Crippen LogP contribution in [0.3, 0.4) is 0 Å². The summed E-state index contributed by atoms with van der Waals surface area (Å²) in [6.45, 7) is 3.86. The van der Waals surface area contributed by atoms with Gasteiger partial charge < -0.3 is 15.4 Å². The van der Waals surface area contributed by atoms with E-state index < -0.39 is 12.1 Å². The molecule has 170 valence electrons. The first kappa shape index (κ1) is 24.1. The van der Waals surface area contributed by atoms with E-state index in [1.807, 2.05) is 61.5 Å². The third kappa shape index (κ3) is 7.50. The van der Waals surface area contributed by atoms with Crippen LogP contribution < -0.4 is 10.6 Å². The van der Waals surface area contributed by atoms with Crippen LogP contribution in [0.4, 0.5) is 5.69 Å². The lowest BCUT2D eigenvalue weighted by Crippen LogP contribution is -2.35. The number of nitrogens with one attached hydrogen (secondary N) is 2. The highest BCUT2D eigenvalue weighted by Crippen LogP contribution is 2.24. The maximum Gasteiger partial charge on any atom is 0.340 e. The Labute approximate surface area is 197 Å². The number of ether oxygens (including phenoxy) is 1. The van der Waals surface area contributed by atoms with E-state index in [1.165, 1.54) is 18.7 Å². The number of thioether (sulfide) groups is 1. The third-order valence-corrected chi connectivity index (χ3v) is 5.84. The summed E-state index contributed by atoms with van der Waals surface area (Å²) in [6, 6.07) is 23.9. The van der Waals surface area contributed by atoms with Crippen LogP contribution in [0, 0.1) is 6.92 Å². The van der Waals surface area contributed by atoms with Crippen LogP contribution in [0.5, 0.6) is 0 Å². The van der Waals surface area contributed by atoms with Gasteiger partial charge in [0.1, 0.15) is 0 Å². The lowest BCUT2D eigenvalue weighted by Gasteiger charge is -2.15. The molecule has 0 radical (unpaired) electrons. The Morgan fingerprint density at radius 2 is 1.58 bits per heavy atom. The lowest BCUT2D eigenvalue weighted by atomic mass is 10.2. The minimum Gasteiger partial charge on any atom is -0.449 e. The van der Waals surface area contributed by atoms with Crippen molar-refractivity contribution >= 4 is 35.2 Å². The summed E-state index contributed by atoms with van der Waals surface area (Å²) in [5, 5.41) is 5.60. The molecule has 0 saturated carbocycles. The molecular weight excluding hydrogens is 436 g/mol. The van der Waals surface area contributed by atoms with Crippen molar-refractivity contribution in [1.29, 1.82) is 0 Å². The maximum absolute atomic E-state index is 12.7. The highest BCUT2D eigenvalue weighted by molar-refractivity contribution is 8.00. The molecule has 0 fully saturated rings. The number of rotatable bonds is 9. The van der Waals surface area contributed by atoms with Crippen LogP contribution in [0.25, 0.3) is 0 Å². The molecule has 0 aromatic heterocycles. The van der Waals surface area contributed by atoms with Gasteiger partial charge in [-0.1, -0.05) is 60.2 Å². The fourth-order valence-electron chi connectivity index (χ4n) is 2.94. The average molecular weight is 463 g/mol. The zero-order valence-corrected chi connectivity index (χ0v) is 19.4. The van der Waals surface area contributed by atoms with Crippen LogP contribution in [0.1, 0.15) is 28.4 Å². The van der Waals surface area contributed by atoms with Crippen LogP contribution in [-0.2, 0) is 20.9 Å². The molecule has 3 rings (SSSR count). The normalized spacial score (nSPS) is 11.3. The Kier molecular flexibility index (Phi) is 8.66. The zero-order valence-electron chi connectivity index (χ0n) is 18.5. The van der Waals surface area contributed by atoms with Crippen molar-refractivity contribution in [2.75, 3.05) is 11.1 Å². The second kappa shape index (κ2) is 11.9. The van der Waals surface area contributed by atoms with E-state index in [1.54, 1.807) is 24.3 Å². The van der Waals surface area contributed by atoms with E-state index in [2.05, 4.69) is 10.6 Å². The smallest absolute Gasteiger partial charge is 0.340 e. The highest BCUT2D eigenvalue weighted by Gasteiger charge is 2.21. The van der Waals surface area contributed by atoms with E-state index >= 15 is 0 Å². The summed E-state index contributed by atoms with van der Waals surface area (Å²) in [5.41, 5.74) is 3.09. The molecule has 0 bridgehead atoms. The molecule has 0 spiro atoms. The summed E-state index contributed by atoms with van der Waals surface area (Å²) in [7, 11) is 0. The van der Waals surface area contributed by atoms with Crippen LogP contribution in [0.2, 0.25) is 0 Å². The second-order valence-electron chi connectivity index (χ2n) is 7.45. The molecule has 0 aliphatic carbocycles. The molecule has 2 amide bonds. The number of benzene rings is 3. The highest BCUT2D eigenvalue weighted by atomic mass is 32.2. The summed E-state index contributed by atoms with van der Waals surface area (Å²) in [5.74, 6) is -1.04. The van der Waals surface area contributed by atoms with E-state index in [4.69, 9.17) is 4.74 Å². The molecule has 7 heteroatoms. The number of carbonyl (C=O) groups excluding carboxylic acids is 3. The molecule has 0 saturated heterocycles. The number of esters is 1. The SMILES string of the molecule is Cc1ccc(NC(=O)CSc2ccccc2C(=O)OC(C)C(=O)NCc2ccccc2)cc1. The Bertz CT molecular complexity index is 1100. The number of carbonyl (C=O) groups is 3. The molecule has 1 unspecified atom stereocenters. The molecule has 3 aromatic carbocycles. The summed E-state index contributed by atoms with van der Waals surface area (Å²) in [4.78, 5) is 38.0. The minimum atomic E-state index is -0.955. The van der Waals surface area contributed by atoms with Crippen molar-refractivity contribution in [2.24, 2.45) is 0 Å². The number of aryl methyl sites for hydroxylation is 1. The van der Waals surface area contributed by atoms with Crippen molar-refractivity contribution in [2.45, 2.75) is 31.4 Å². The second-order valence-corrected chi connectivity index (χ2v) is 8.47. The van der Waals surface area contributed by atoms with Crippen molar-refractivity contribution in [1.82, 2.24) is 5.32 Å². The van der Waals surface area contributed by atoms with E-state index in [-0.39, 0.29) is 17.6 Å². The van der Waals surface area contributed by atoms with Gasteiger partial charge >= 0.3 is 5.97 Å². The molecule has 0 aliphatic rings. The van der Waals surface area contributed by atoms with Crippen molar-refractivity contribution in [3.8, 4) is 0 Å². The van der Waals surface area contributed by atoms with Crippen LogP contribution >= 0.6 is 11.8 Å². The van der Waals surface area contributed by atoms with E-state index in [0.717, 1.165) is 11.1 Å². The van der Waals surface area contributed by atoms with Gasteiger partial charge in [-0.05, 0) is 43.7 Å². The van der Waals surface area contributed by atoms with Gasteiger partial charge in [0.2, 0.25) is 5.91 Å². The first-order chi connectivity index (χ1) is 15.9. The predicted molar refractivity (Wildman–Crippen MR) is 130 cm³/mol. The third-order valence-electron chi connectivity index (χ3n) is 4.76. The fraction of sp³-hybridized carbons (Fsp3) is 0.192. The van der Waals surface area contributed by atoms with Crippen molar-refractivity contribution in [3.63, 3.8) is 0 Å². The van der Waals surface area contributed by atoms with Gasteiger partial charge in [-0.25, -0.2) is 4.79 Å². The standard InChI is InChI=1S/C26H26N2O4S/c1-18-12-14-21(15-13-18)28-24(29)17-33-23-11-7-6-10-22(23)26(31)32-19(2)25(30)27-16-20-8-4-3-5-9-20/h3-15,19H,16-17H2,1-2H3,(H,27,30)(H,28,29). The molecule has 0 aliphatic heterocycles. The predicted octanol–water partition coefficient (Wildman–Crippen LogP) is 4.59. The molecule has 6 nitrogen and oxygen atoms in total. The number of hydrogen-bond acceptors (Lipinski definition) is 5. The van der Waals surface area contributed by atoms with Gasteiger partial charge in [0, 0.05) is 17.1 Å².